The van der Waals surface area contributed by atoms with E-state index in [-0.39, 0.29) is 38.0 Å². The van der Waals surface area contributed by atoms with E-state index in [1.165, 1.54) is 0 Å². The summed E-state index contributed by atoms with van der Waals surface area (Å²) in [4.78, 5) is 35.3. The van der Waals surface area contributed by atoms with Gasteiger partial charge in [0.05, 0.1) is 0 Å². The SMILES string of the molecule is CC(CCCC(=O)N[C@@H](CCO)C(=O)O)NC(=O)OCC1c2ccccc2-c2ccccc21. The van der Waals surface area contributed by atoms with Gasteiger partial charge < -0.3 is 25.6 Å². The second-order valence-corrected chi connectivity index (χ2v) is 8.23. The lowest BCUT2D eigenvalue weighted by atomic mass is 9.98. The summed E-state index contributed by atoms with van der Waals surface area (Å²) in [5.41, 5.74) is 4.62. The van der Waals surface area contributed by atoms with E-state index < -0.39 is 24.0 Å². The maximum atomic E-state index is 12.3. The Bertz CT molecular complexity index is 947. The van der Waals surface area contributed by atoms with Gasteiger partial charge in [0.15, 0.2) is 0 Å². The number of alkyl carbamates (subject to hydrolysis) is 1. The number of ether oxygens (including phenoxy) is 1. The lowest BCUT2D eigenvalue weighted by Gasteiger charge is -2.17. The van der Waals surface area contributed by atoms with Gasteiger partial charge in [0.2, 0.25) is 5.91 Å². The monoisotopic (exact) mass is 454 g/mol. The predicted octanol–water partition coefficient (Wildman–Crippen LogP) is 3.04. The van der Waals surface area contributed by atoms with Gasteiger partial charge in [-0.2, -0.15) is 0 Å². The second-order valence-electron chi connectivity index (χ2n) is 8.23. The number of carboxylic acid groups (broad SMARTS) is 1. The van der Waals surface area contributed by atoms with Crippen LogP contribution in [0.2, 0.25) is 0 Å². The molecule has 1 aliphatic carbocycles. The van der Waals surface area contributed by atoms with Crippen molar-refractivity contribution >= 4 is 18.0 Å². The molecule has 0 aromatic heterocycles. The largest absolute Gasteiger partial charge is 0.480 e. The smallest absolute Gasteiger partial charge is 0.407 e. The number of hydrogen-bond acceptors (Lipinski definition) is 5. The van der Waals surface area contributed by atoms with Gasteiger partial charge in [-0.15, -0.1) is 0 Å². The first-order valence-electron chi connectivity index (χ1n) is 11.1. The van der Waals surface area contributed by atoms with E-state index in [2.05, 4.69) is 34.9 Å². The van der Waals surface area contributed by atoms with E-state index in [9.17, 15) is 14.4 Å². The molecule has 2 amide bonds. The Hall–Kier alpha value is -3.39. The van der Waals surface area contributed by atoms with Gasteiger partial charge in [-0.25, -0.2) is 9.59 Å². The summed E-state index contributed by atoms with van der Waals surface area (Å²) in [6.07, 6.45) is 0.590. The molecule has 0 spiro atoms. The third kappa shape index (κ3) is 6.32. The molecule has 0 saturated heterocycles. The highest BCUT2D eigenvalue weighted by atomic mass is 16.5. The zero-order valence-corrected chi connectivity index (χ0v) is 18.6. The van der Waals surface area contributed by atoms with Crippen LogP contribution in [0.5, 0.6) is 0 Å². The Labute approximate surface area is 193 Å². The number of aliphatic hydroxyl groups is 1. The van der Waals surface area contributed by atoms with E-state index in [0.717, 1.165) is 22.3 Å². The van der Waals surface area contributed by atoms with Crippen LogP contribution >= 0.6 is 0 Å². The van der Waals surface area contributed by atoms with Crippen LogP contribution in [0.3, 0.4) is 0 Å². The van der Waals surface area contributed by atoms with Crippen LogP contribution in [0.15, 0.2) is 48.5 Å². The number of aliphatic carboxylic acids is 1. The second kappa shape index (κ2) is 11.5. The molecule has 33 heavy (non-hydrogen) atoms. The Morgan fingerprint density at radius 2 is 1.58 bits per heavy atom. The molecule has 1 unspecified atom stereocenters. The number of carbonyl (C=O) groups is 3. The van der Waals surface area contributed by atoms with Crippen molar-refractivity contribution in [2.45, 2.75) is 50.6 Å². The van der Waals surface area contributed by atoms with Crippen molar-refractivity contribution in [1.82, 2.24) is 10.6 Å². The number of amides is 2. The number of carboxylic acids is 1. The topological polar surface area (TPSA) is 125 Å². The number of rotatable bonds is 11. The molecule has 0 heterocycles. The molecule has 2 aromatic carbocycles. The molecule has 3 rings (SSSR count). The first-order chi connectivity index (χ1) is 15.9. The minimum Gasteiger partial charge on any atom is -0.480 e. The first-order valence-corrected chi connectivity index (χ1v) is 11.1. The molecule has 8 heteroatoms. The number of benzene rings is 2. The Morgan fingerprint density at radius 3 is 2.15 bits per heavy atom. The van der Waals surface area contributed by atoms with E-state index in [1.807, 2.05) is 31.2 Å². The van der Waals surface area contributed by atoms with Crippen molar-refractivity contribution < 1.29 is 29.3 Å². The fraction of sp³-hybridized carbons (Fsp3) is 0.400. The first kappa shape index (κ1) is 24.3. The lowest BCUT2D eigenvalue weighted by molar-refractivity contribution is -0.142. The van der Waals surface area contributed by atoms with Crippen molar-refractivity contribution in [2.75, 3.05) is 13.2 Å². The van der Waals surface area contributed by atoms with E-state index in [1.54, 1.807) is 0 Å². The average molecular weight is 455 g/mol. The summed E-state index contributed by atoms with van der Waals surface area (Å²) >= 11 is 0. The lowest BCUT2D eigenvalue weighted by Crippen LogP contribution is -2.41. The van der Waals surface area contributed by atoms with Crippen molar-refractivity contribution in [3.63, 3.8) is 0 Å². The molecule has 0 fully saturated rings. The fourth-order valence-corrected chi connectivity index (χ4v) is 4.14. The highest BCUT2D eigenvalue weighted by Crippen LogP contribution is 2.44. The summed E-state index contributed by atoms with van der Waals surface area (Å²) in [7, 11) is 0. The van der Waals surface area contributed by atoms with Gasteiger partial charge in [0, 0.05) is 31.4 Å². The normalized spacial score (nSPS) is 14.0. The molecular weight excluding hydrogens is 424 g/mol. The maximum Gasteiger partial charge on any atom is 0.407 e. The van der Waals surface area contributed by atoms with Crippen molar-refractivity contribution in [2.24, 2.45) is 0 Å². The number of nitrogens with one attached hydrogen (secondary N) is 2. The van der Waals surface area contributed by atoms with Crippen LogP contribution in [0.4, 0.5) is 4.79 Å². The van der Waals surface area contributed by atoms with E-state index in [4.69, 9.17) is 14.9 Å². The molecule has 8 nitrogen and oxygen atoms in total. The Kier molecular flexibility index (Phi) is 8.43. The van der Waals surface area contributed by atoms with Crippen LogP contribution in [0.25, 0.3) is 11.1 Å². The number of aliphatic hydroxyl groups excluding tert-OH is 1. The van der Waals surface area contributed by atoms with Gasteiger partial charge >= 0.3 is 12.1 Å². The number of fused-ring (bicyclic) bond motifs is 3. The maximum absolute atomic E-state index is 12.3. The van der Waals surface area contributed by atoms with Crippen molar-refractivity contribution in [3.8, 4) is 11.1 Å². The predicted molar refractivity (Wildman–Crippen MR) is 123 cm³/mol. The molecule has 0 bridgehead atoms. The third-order valence-electron chi connectivity index (χ3n) is 5.80. The summed E-state index contributed by atoms with van der Waals surface area (Å²) in [5.74, 6) is -1.59. The Morgan fingerprint density at radius 1 is 0.970 bits per heavy atom. The molecule has 1 aliphatic rings. The number of hydrogen-bond donors (Lipinski definition) is 4. The molecule has 2 aromatic rings. The van der Waals surface area contributed by atoms with Gasteiger partial charge in [0.25, 0.3) is 0 Å². The summed E-state index contributed by atoms with van der Waals surface area (Å²) in [5, 5.41) is 23.1. The van der Waals surface area contributed by atoms with Crippen molar-refractivity contribution in [3.05, 3.63) is 59.7 Å². The summed E-state index contributed by atoms with van der Waals surface area (Å²) in [6, 6.07) is 14.9. The van der Waals surface area contributed by atoms with Gasteiger partial charge in [0.1, 0.15) is 12.6 Å². The minimum atomic E-state index is -1.18. The molecule has 0 saturated carbocycles. The van der Waals surface area contributed by atoms with Gasteiger partial charge in [-0.05, 0) is 42.0 Å². The molecular formula is C25H30N2O6. The van der Waals surface area contributed by atoms with Gasteiger partial charge in [-0.1, -0.05) is 48.5 Å². The average Bonchev–Trinajstić information content (AvgIpc) is 3.11. The summed E-state index contributed by atoms with van der Waals surface area (Å²) in [6.45, 7) is 1.74. The standard InChI is InChI=1S/C25H30N2O6/c1-16(7-6-12-23(29)27-22(13-14-28)24(30)31)26-25(32)33-15-21-19-10-4-2-8-17(19)18-9-3-5-11-20(18)21/h2-5,8-11,16,21-22,28H,6-7,12-15H2,1H3,(H,26,32)(H,27,29)(H,30,31)/t16?,22-/m0/s1. The summed E-state index contributed by atoms with van der Waals surface area (Å²) < 4.78 is 5.53. The molecule has 0 radical (unpaired) electrons. The highest BCUT2D eigenvalue weighted by Gasteiger charge is 2.29. The van der Waals surface area contributed by atoms with Crippen LogP contribution in [-0.4, -0.2) is 53.5 Å². The van der Waals surface area contributed by atoms with Crippen LogP contribution in [0.1, 0.15) is 49.7 Å². The Balaban J connectivity index is 1.42. The zero-order valence-electron chi connectivity index (χ0n) is 18.6. The van der Waals surface area contributed by atoms with E-state index in [0.29, 0.717) is 12.8 Å². The molecule has 176 valence electrons. The quantitative estimate of drug-likeness (QED) is 0.414. The fourth-order valence-electron chi connectivity index (χ4n) is 4.14. The molecule has 4 N–H and O–H groups in total. The van der Waals surface area contributed by atoms with E-state index >= 15 is 0 Å². The highest BCUT2D eigenvalue weighted by molar-refractivity contribution is 5.83. The minimum absolute atomic E-state index is 0.0109. The zero-order chi connectivity index (χ0) is 23.8. The molecule has 0 aliphatic heterocycles. The van der Waals surface area contributed by atoms with Crippen LogP contribution in [0, 0.1) is 0 Å². The molecule has 2 atom stereocenters. The van der Waals surface area contributed by atoms with Gasteiger partial charge in [-0.3, -0.25) is 4.79 Å². The number of carbonyl (C=O) groups excluding carboxylic acids is 2. The van der Waals surface area contributed by atoms with Crippen LogP contribution < -0.4 is 10.6 Å². The van der Waals surface area contributed by atoms with Crippen LogP contribution in [-0.2, 0) is 14.3 Å². The van der Waals surface area contributed by atoms with Crippen molar-refractivity contribution in [1.29, 1.82) is 0 Å². The third-order valence-corrected chi connectivity index (χ3v) is 5.80.